The van der Waals surface area contributed by atoms with E-state index in [1.165, 1.54) is 25.3 Å². The van der Waals surface area contributed by atoms with Gasteiger partial charge in [-0.3, -0.25) is 0 Å². The smallest absolute Gasteiger partial charge is 0.246 e. The molecule has 0 saturated carbocycles. The van der Waals surface area contributed by atoms with Gasteiger partial charge in [-0.15, -0.1) is 11.8 Å². The van der Waals surface area contributed by atoms with Crippen molar-refractivity contribution in [3.8, 4) is 5.75 Å². The van der Waals surface area contributed by atoms with Crippen LogP contribution in [0.2, 0.25) is 0 Å². The molecular weight excluding hydrogens is 469 g/mol. The number of benzene rings is 2. The number of ether oxygens (including phenoxy) is 1. The highest BCUT2D eigenvalue weighted by Gasteiger charge is 2.17. The Morgan fingerprint density at radius 2 is 2.14 bits per heavy atom. The maximum absolute atomic E-state index is 14.4. The molecule has 5 nitrogen and oxygen atoms in total. The fraction of sp³-hybridized carbons (Fsp3) is 0.158. The van der Waals surface area contributed by atoms with E-state index in [1.54, 1.807) is 18.6 Å². The van der Waals surface area contributed by atoms with Gasteiger partial charge in [-0.25, -0.2) is 17.5 Å². The summed E-state index contributed by atoms with van der Waals surface area (Å²) in [6.45, 7) is 0.178. The Morgan fingerprint density at radius 1 is 1.36 bits per heavy atom. The number of sulfonamides is 1. The fourth-order valence-electron chi connectivity index (χ4n) is 2.59. The van der Waals surface area contributed by atoms with Crippen molar-refractivity contribution in [1.29, 1.82) is 0 Å². The van der Waals surface area contributed by atoms with Gasteiger partial charge in [0.05, 0.1) is 16.3 Å². The zero-order chi connectivity index (χ0) is 20.3. The first-order chi connectivity index (χ1) is 13.4. The van der Waals surface area contributed by atoms with Gasteiger partial charge >= 0.3 is 0 Å². The molecule has 0 aliphatic heterocycles. The monoisotopic (exact) mass is 485 g/mol. The molecule has 3 rings (SSSR count). The summed E-state index contributed by atoms with van der Waals surface area (Å²) >= 11 is 4.46. The average molecular weight is 486 g/mol. The molecule has 1 heterocycles. The van der Waals surface area contributed by atoms with Crippen LogP contribution in [0.5, 0.6) is 5.75 Å². The molecule has 28 heavy (non-hydrogen) atoms. The molecule has 1 aromatic heterocycles. The number of furan rings is 1. The van der Waals surface area contributed by atoms with E-state index in [-0.39, 0.29) is 22.2 Å². The van der Waals surface area contributed by atoms with Crippen molar-refractivity contribution in [1.82, 2.24) is 4.72 Å². The SMILES string of the molecule is CNS(=O)(=O)/C(=C/c1c(F)cccc1OCc1cc(Br)c2occc2c1)SC. The van der Waals surface area contributed by atoms with Crippen molar-refractivity contribution in [3.63, 3.8) is 0 Å². The van der Waals surface area contributed by atoms with Gasteiger partial charge in [0, 0.05) is 5.39 Å². The van der Waals surface area contributed by atoms with Crippen LogP contribution in [0.1, 0.15) is 11.1 Å². The summed E-state index contributed by atoms with van der Waals surface area (Å²) in [4.78, 5) is 0. The summed E-state index contributed by atoms with van der Waals surface area (Å²) in [5, 5.41) is 0.914. The molecule has 148 valence electrons. The Bertz CT molecular complexity index is 1140. The molecule has 3 aromatic rings. The second-order valence-corrected chi connectivity index (χ2v) is 9.55. The van der Waals surface area contributed by atoms with Crippen molar-refractivity contribution in [2.24, 2.45) is 0 Å². The van der Waals surface area contributed by atoms with E-state index in [1.807, 2.05) is 18.2 Å². The predicted octanol–water partition coefficient (Wildman–Crippen LogP) is 5.12. The van der Waals surface area contributed by atoms with Crippen molar-refractivity contribution < 1.29 is 22.0 Å². The first-order valence-corrected chi connectivity index (χ1v) is 11.6. The molecular formula is C19H17BrFNO4S2. The summed E-state index contributed by atoms with van der Waals surface area (Å²) in [6, 6.07) is 9.99. The maximum atomic E-state index is 14.4. The van der Waals surface area contributed by atoms with Gasteiger partial charge in [-0.1, -0.05) is 6.07 Å². The van der Waals surface area contributed by atoms with E-state index in [0.717, 1.165) is 32.8 Å². The number of nitrogens with one attached hydrogen (secondary N) is 1. The molecule has 0 atom stereocenters. The maximum Gasteiger partial charge on any atom is 0.246 e. The Hall–Kier alpha value is -1.81. The van der Waals surface area contributed by atoms with Crippen LogP contribution in [-0.4, -0.2) is 21.7 Å². The van der Waals surface area contributed by atoms with Gasteiger partial charge in [-0.2, -0.15) is 0 Å². The minimum absolute atomic E-state index is 0.00693. The normalized spacial score (nSPS) is 12.5. The third-order valence-corrected chi connectivity index (χ3v) is 7.42. The number of hydrogen-bond donors (Lipinski definition) is 1. The van der Waals surface area contributed by atoms with Crippen molar-refractivity contribution in [2.75, 3.05) is 13.3 Å². The number of rotatable bonds is 7. The summed E-state index contributed by atoms with van der Waals surface area (Å²) in [6.07, 6.45) is 4.48. The van der Waals surface area contributed by atoms with Crippen LogP contribution >= 0.6 is 27.7 Å². The summed E-state index contributed by atoms with van der Waals surface area (Å²) in [5.41, 5.74) is 1.67. The highest BCUT2D eigenvalue weighted by molar-refractivity contribution is 9.10. The van der Waals surface area contributed by atoms with Gasteiger partial charge in [0.1, 0.15) is 28.0 Å². The van der Waals surface area contributed by atoms with E-state index in [4.69, 9.17) is 9.15 Å². The van der Waals surface area contributed by atoms with Crippen molar-refractivity contribution >= 4 is 54.8 Å². The van der Waals surface area contributed by atoms with Gasteiger partial charge < -0.3 is 9.15 Å². The first kappa shape index (κ1) is 20.9. The molecule has 0 spiro atoms. The topological polar surface area (TPSA) is 68.5 Å². The van der Waals surface area contributed by atoms with Crippen LogP contribution in [0, 0.1) is 5.82 Å². The van der Waals surface area contributed by atoms with E-state index < -0.39 is 15.8 Å². The van der Waals surface area contributed by atoms with E-state index in [2.05, 4.69) is 20.7 Å². The molecule has 9 heteroatoms. The Kier molecular flexibility index (Phi) is 6.49. The van der Waals surface area contributed by atoms with Gasteiger partial charge in [0.25, 0.3) is 0 Å². The van der Waals surface area contributed by atoms with Crippen LogP contribution in [0.25, 0.3) is 17.0 Å². The zero-order valence-corrected chi connectivity index (χ0v) is 18.3. The molecule has 0 saturated heterocycles. The van der Waals surface area contributed by atoms with Crippen LogP contribution in [0.15, 0.2) is 55.8 Å². The highest BCUT2D eigenvalue weighted by atomic mass is 79.9. The van der Waals surface area contributed by atoms with E-state index >= 15 is 0 Å². The summed E-state index contributed by atoms with van der Waals surface area (Å²) in [5.74, 6) is -0.317. The van der Waals surface area contributed by atoms with Crippen LogP contribution in [0.3, 0.4) is 0 Å². The number of fused-ring (bicyclic) bond motifs is 1. The zero-order valence-electron chi connectivity index (χ0n) is 15.0. The molecule has 2 aromatic carbocycles. The lowest BCUT2D eigenvalue weighted by Crippen LogP contribution is -2.19. The molecule has 0 radical (unpaired) electrons. The Labute approximate surface area is 175 Å². The third-order valence-electron chi connectivity index (χ3n) is 3.97. The highest BCUT2D eigenvalue weighted by Crippen LogP contribution is 2.31. The molecule has 0 aliphatic carbocycles. The van der Waals surface area contributed by atoms with Crippen molar-refractivity contribution in [3.05, 3.63) is 68.3 Å². The molecule has 0 aliphatic rings. The average Bonchev–Trinajstić information content (AvgIpc) is 3.14. The molecule has 0 amide bonds. The second-order valence-electron chi connectivity index (χ2n) is 5.73. The lowest BCUT2D eigenvalue weighted by Gasteiger charge is -2.12. The van der Waals surface area contributed by atoms with Gasteiger partial charge in [-0.05, 0) is 71.2 Å². The first-order valence-electron chi connectivity index (χ1n) is 8.12. The minimum Gasteiger partial charge on any atom is -0.488 e. The number of halogens is 2. The third kappa shape index (κ3) is 4.43. The standard InChI is InChI=1S/C19H17BrFNO4S2/c1-22-28(23,24)18(27-2)10-14-16(21)4-3-5-17(14)26-11-12-8-13-6-7-25-19(13)15(20)9-12/h3-10,22H,11H2,1-2H3/b18-10+. The van der Waals surface area contributed by atoms with Gasteiger partial charge in [0.2, 0.25) is 10.0 Å². The predicted molar refractivity (Wildman–Crippen MR) is 114 cm³/mol. The lowest BCUT2D eigenvalue weighted by atomic mass is 10.1. The largest absolute Gasteiger partial charge is 0.488 e. The summed E-state index contributed by atoms with van der Waals surface area (Å²) < 4.78 is 52.8. The second kappa shape index (κ2) is 8.69. The molecule has 0 unspecified atom stereocenters. The van der Waals surface area contributed by atoms with Gasteiger partial charge in [0.15, 0.2) is 0 Å². The van der Waals surface area contributed by atoms with Crippen LogP contribution in [-0.2, 0) is 16.6 Å². The minimum atomic E-state index is -3.70. The quantitative estimate of drug-likeness (QED) is 0.502. The van der Waals surface area contributed by atoms with E-state index in [9.17, 15) is 12.8 Å². The number of hydrogen-bond acceptors (Lipinski definition) is 5. The van der Waals surface area contributed by atoms with Crippen molar-refractivity contribution in [2.45, 2.75) is 6.61 Å². The number of thioether (sulfide) groups is 1. The molecule has 0 bridgehead atoms. The fourth-order valence-corrected chi connectivity index (χ4v) is 5.04. The summed E-state index contributed by atoms with van der Waals surface area (Å²) in [7, 11) is -2.39. The molecule has 1 N–H and O–H groups in total. The Morgan fingerprint density at radius 3 is 2.86 bits per heavy atom. The lowest BCUT2D eigenvalue weighted by molar-refractivity contribution is 0.304. The molecule has 0 fully saturated rings. The Balaban J connectivity index is 1.93. The van der Waals surface area contributed by atoms with Crippen LogP contribution < -0.4 is 9.46 Å². The van der Waals surface area contributed by atoms with E-state index in [0.29, 0.717) is 0 Å². The van der Waals surface area contributed by atoms with Crippen LogP contribution in [0.4, 0.5) is 4.39 Å².